The van der Waals surface area contributed by atoms with Crippen LogP contribution >= 0.6 is 22.2 Å². The molecule has 1 aromatic rings. The van der Waals surface area contributed by atoms with Gasteiger partial charge in [-0.25, -0.2) is 0 Å². The molecule has 0 unspecified atom stereocenters. The van der Waals surface area contributed by atoms with Crippen LogP contribution in [0, 0.1) is 0 Å². The summed E-state index contributed by atoms with van der Waals surface area (Å²) < 4.78 is 0. The van der Waals surface area contributed by atoms with Gasteiger partial charge < -0.3 is 0 Å². The lowest BCUT2D eigenvalue weighted by Crippen LogP contribution is -2.19. The first-order valence-corrected chi connectivity index (χ1v) is 8.00. The topological polar surface area (TPSA) is 0 Å². The van der Waals surface area contributed by atoms with E-state index in [1.807, 2.05) is 30.3 Å². The van der Waals surface area contributed by atoms with Gasteiger partial charge in [0.15, 0.2) is 0 Å². The zero-order valence-corrected chi connectivity index (χ0v) is 9.15. The van der Waals surface area contributed by atoms with E-state index in [9.17, 15) is 0 Å². The monoisotopic (exact) mass is 216 g/mol. The Morgan fingerprint density at radius 1 is 1.25 bits per heavy atom. The van der Waals surface area contributed by atoms with Gasteiger partial charge in [-0.05, 0) is 11.6 Å². The number of hydrogen-bond donors (Lipinski definition) is 0. The number of hydrogen-bond acceptors (Lipinski definition) is 0. The number of halogens is 2. The zero-order chi connectivity index (χ0) is 9.03. The van der Waals surface area contributed by atoms with Crippen molar-refractivity contribution in [3.05, 3.63) is 48.2 Å². The molecular formula is C9H10Cl2Si. The molecule has 1 aromatic carbocycles. The van der Waals surface area contributed by atoms with Gasteiger partial charge in [0.05, 0.1) is 0 Å². The predicted molar refractivity (Wildman–Crippen MR) is 57.8 cm³/mol. The SMILES string of the molecule is C=C[Si](Cl)(Cl)Cc1ccccc1. The van der Waals surface area contributed by atoms with E-state index in [0.717, 1.165) is 6.04 Å². The maximum atomic E-state index is 6.04. The Bertz CT molecular complexity index is 256. The lowest BCUT2D eigenvalue weighted by Gasteiger charge is -2.10. The van der Waals surface area contributed by atoms with E-state index in [2.05, 4.69) is 6.58 Å². The molecule has 64 valence electrons. The Morgan fingerprint density at radius 2 is 1.83 bits per heavy atom. The summed E-state index contributed by atoms with van der Waals surface area (Å²) in [6.07, 6.45) is 0. The molecule has 0 saturated carbocycles. The summed E-state index contributed by atoms with van der Waals surface area (Å²) in [5.74, 6) is 0. The van der Waals surface area contributed by atoms with Gasteiger partial charge in [-0.2, -0.15) is 0 Å². The molecular weight excluding hydrogens is 207 g/mol. The van der Waals surface area contributed by atoms with Crippen LogP contribution < -0.4 is 0 Å². The van der Waals surface area contributed by atoms with Crippen LogP contribution in [0.1, 0.15) is 5.56 Å². The van der Waals surface area contributed by atoms with Crippen LogP contribution in [0.4, 0.5) is 0 Å². The fraction of sp³-hybridized carbons (Fsp3) is 0.111. The van der Waals surface area contributed by atoms with Crippen molar-refractivity contribution in [1.82, 2.24) is 0 Å². The molecule has 0 atom stereocenters. The third kappa shape index (κ3) is 3.01. The highest BCUT2D eigenvalue weighted by atomic mass is 35.7. The maximum absolute atomic E-state index is 6.04. The lowest BCUT2D eigenvalue weighted by atomic mass is 10.2. The molecule has 0 saturated heterocycles. The van der Waals surface area contributed by atoms with Crippen LogP contribution in [0.2, 0.25) is 0 Å². The summed E-state index contributed by atoms with van der Waals surface area (Å²) in [5, 5.41) is 0. The van der Waals surface area contributed by atoms with Crippen molar-refractivity contribution in [2.75, 3.05) is 0 Å². The maximum Gasteiger partial charge on any atom is 0.277 e. The minimum atomic E-state index is -2.21. The van der Waals surface area contributed by atoms with Gasteiger partial charge in [-0.3, -0.25) is 0 Å². The first-order valence-electron chi connectivity index (χ1n) is 3.69. The molecule has 0 amide bonds. The minimum absolute atomic E-state index is 0.737. The Labute approximate surface area is 83.2 Å². The van der Waals surface area contributed by atoms with Gasteiger partial charge in [0, 0.05) is 0 Å². The Balaban J connectivity index is 2.70. The molecule has 0 heterocycles. The van der Waals surface area contributed by atoms with Crippen LogP contribution in [0.3, 0.4) is 0 Å². The van der Waals surface area contributed by atoms with E-state index in [4.69, 9.17) is 22.2 Å². The second kappa shape index (κ2) is 4.12. The molecule has 0 aliphatic carbocycles. The van der Waals surface area contributed by atoms with Crippen molar-refractivity contribution in [2.45, 2.75) is 6.04 Å². The van der Waals surface area contributed by atoms with E-state index in [1.165, 1.54) is 5.56 Å². The Kier molecular flexibility index (Phi) is 3.38. The summed E-state index contributed by atoms with van der Waals surface area (Å²) in [5.41, 5.74) is 2.86. The quantitative estimate of drug-likeness (QED) is 0.537. The van der Waals surface area contributed by atoms with Crippen molar-refractivity contribution in [3.8, 4) is 0 Å². The standard InChI is InChI=1S/C9H10Cl2Si/c1-2-12(10,11)8-9-6-4-3-5-7-9/h2-7H,1,8H2. The molecule has 0 aliphatic heterocycles. The largest absolute Gasteiger partial charge is 0.277 e. The molecule has 0 N–H and O–H groups in total. The minimum Gasteiger partial charge on any atom is -0.140 e. The second-order valence-corrected chi connectivity index (χ2v) is 9.54. The summed E-state index contributed by atoms with van der Waals surface area (Å²) in [4.78, 5) is 0. The van der Waals surface area contributed by atoms with Crippen molar-refractivity contribution < 1.29 is 0 Å². The summed E-state index contributed by atoms with van der Waals surface area (Å²) >= 11 is 12.1. The van der Waals surface area contributed by atoms with E-state index in [1.54, 1.807) is 5.70 Å². The molecule has 0 aliphatic rings. The molecule has 3 heteroatoms. The van der Waals surface area contributed by atoms with E-state index in [0.29, 0.717) is 0 Å². The van der Waals surface area contributed by atoms with Crippen molar-refractivity contribution in [2.24, 2.45) is 0 Å². The molecule has 0 fully saturated rings. The highest BCUT2D eigenvalue weighted by molar-refractivity contribution is 7.47. The van der Waals surface area contributed by atoms with Crippen LogP contribution in [-0.2, 0) is 6.04 Å². The molecule has 0 bridgehead atoms. The van der Waals surface area contributed by atoms with Crippen LogP contribution in [-0.4, -0.2) is 6.69 Å². The van der Waals surface area contributed by atoms with E-state index in [-0.39, 0.29) is 0 Å². The Hall–Kier alpha value is -0.243. The Morgan fingerprint density at radius 3 is 2.33 bits per heavy atom. The summed E-state index contributed by atoms with van der Waals surface area (Å²) in [6.45, 7) is 1.42. The fourth-order valence-corrected chi connectivity index (χ4v) is 2.79. The summed E-state index contributed by atoms with van der Waals surface area (Å²) in [7, 11) is 0. The normalized spacial score (nSPS) is 11.2. The van der Waals surface area contributed by atoms with Gasteiger partial charge >= 0.3 is 0 Å². The third-order valence-electron chi connectivity index (χ3n) is 1.58. The highest BCUT2D eigenvalue weighted by Crippen LogP contribution is 2.21. The predicted octanol–water partition coefficient (Wildman–Crippen LogP) is 3.41. The molecule has 0 radical (unpaired) electrons. The van der Waals surface area contributed by atoms with Crippen LogP contribution in [0.5, 0.6) is 0 Å². The van der Waals surface area contributed by atoms with Crippen LogP contribution in [0.15, 0.2) is 42.6 Å². The average Bonchev–Trinajstić information content (AvgIpc) is 2.06. The number of benzene rings is 1. The first kappa shape index (κ1) is 9.84. The van der Waals surface area contributed by atoms with Crippen molar-refractivity contribution in [1.29, 1.82) is 0 Å². The van der Waals surface area contributed by atoms with Crippen molar-refractivity contribution in [3.63, 3.8) is 0 Å². The molecule has 0 nitrogen and oxygen atoms in total. The smallest absolute Gasteiger partial charge is 0.140 e. The highest BCUT2D eigenvalue weighted by Gasteiger charge is 2.23. The number of rotatable bonds is 3. The van der Waals surface area contributed by atoms with E-state index >= 15 is 0 Å². The van der Waals surface area contributed by atoms with Gasteiger partial charge in [0.2, 0.25) is 0 Å². The van der Waals surface area contributed by atoms with Gasteiger partial charge in [-0.15, -0.1) is 28.7 Å². The first-order chi connectivity index (χ1) is 5.64. The fourth-order valence-electron chi connectivity index (χ4n) is 0.940. The zero-order valence-electron chi connectivity index (χ0n) is 6.63. The van der Waals surface area contributed by atoms with Gasteiger partial charge in [0.25, 0.3) is 6.69 Å². The van der Waals surface area contributed by atoms with Crippen LogP contribution in [0.25, 0.3) is 0 Å². The van der Waals surface area contributed by atoms with Crippen molar-refractivity contribution >= 4 is 28.9 Å². The lowest BCUT2D eigenvalue weighted by molar-refractivity contribution is 1.38. The van der Waals surface area contributed by atoms with Gasteiger partial charge in [0.1, 0.15) is 0 Å². The molecule has 12 heavy (non-hydrogen) atoms. The molecule has 1 rings (SSSR count). The second-order valence-electron chi connectivity index (χ2n) is 2.63. The van der Waals surface area contributed by atoms with Gasteiger partial charge in [-0.1, -0.05) is 36.0 Å². The third-order valence-corrected chi connectivity index (χ3v) is 4.79. The average molecular weight is 217 g/mol. The van der Waals surface area contributed by atoms with E-state index < -0.39 is 6.69 Å². The molecule has 0 aromatic heterocycles. The molecule has 0 spiro atoms. The summed E-state index contributed by atoms with van der Waals surface area (Å²) in [6, 6.07) is 10.7.